The molecule has 7 heteroatoms. The minimum Gasteiger partial charge on any atom is -0.482 e. The van der Waals surface area contributed by atoms with Crippen LogP contribution in [0.3, 0.4) is 0 Å². The third-order valence-corrected chi connectivity index (χ3v) is 3.40. The Balaban J connectivity index is 1.96. The summed E-state index contributed by atoms with van der Waals surface area (Å²) in [5.74, 6) is -1.75. The molecule has 1 aromatic carbocycles. The molecular formula is C13H13ClFNO4. The van der Waals surface area contributed by atoms with E-state index < -0.39 is 23.7 Å². The topological polar surface area (TPSA) is 66.8 Å². The number of likely N-dealkylation sites (tertiary alicyclic amines) is 1. The number of hydrogen-bond acceptors (Lipinski definition) is 3. The van der Waals surface area contributed by atoms with Crippen molar-refractivity contribution < 1.29 is 23.8 Å². The van der Waals surface area contributed by atoms with Gasteiger partial charge in [0.15, 0.2) is 6.61 Å². The number of carboxylic acids is 1. The van der Waals surface area contributed by atoms with Crippen molar-refractivity contribution in [2.45, 2.75) is 18.9 Å². The molecule has 1 aliphatic rings. The van der Waals surface area contributed by atoms with Gasteiger partial charge in [0.1, 0.15) is 17.6 Å². The molecule has 0 aliphatic carbocycles. The van der Waals surface area contributed by atoms with Crippen molar-refractivity contribution in [2.75, 3.05) is 13.2 Å². The number of amides is 1. The number of aliphatic carboxylic acids is 1. The summed E-state index contributed by atoms with van der Waals surface area (Å²) in [5.41, 5.74) is 0. The predicted molar refractivity (Wildman–Crippen MR) is 69.3 cm³/mol. The molecule has 1 saturated heterocycles. The van der Waals surface area contributed by atoms with Crippen LogP contribution in [0, 0.1) is 5.82 Å². The molecule has 1 heterocycles. The summed E-state index contributed by atoms with van der Waals surface area (Å²) in [4.78, 5) is 24.2. The van der Waals surface area contributed by atoms with Gasteiger partial charge in [0.05, 0.1) is 5.02 Å². The Bertz CT molecular complexity index is 537. The molecular weight excluding hydrogens is 289 g/mol. The van der Waals surface area contributed by atoms with Crippen molar-refractivity contribution in [3.8, 4) is 5.75 Å². The SMILES string of the molecule is O=C(O)[C@@H]1CCCN1C(=O)COc1ccc(F)cc1Cl. The quantitative estimate of drug-likeness (QED) is 0.923. The van der Waals surface area contributed by atoms with Crippen LogP contribution in [0.2, 0.25) is 5.02 Å². The number of ether oxygens (including phenoxy) is 1. The van der Waals surface area contributed by atoms with Gasteiger partial charge in [0.25, 0.3) is 5.91 Å². The van der Waals surface area contributed by atoms with E-state index in [0.717, 1.165) is 6.07 Å². The first-order valence-corrected chi connectivity index (χ1v) is 6.47. The van der Waals surface area contributed by atoms with Crippen LogP contribution >= 0.6 is 11.6 Å². The Hall–Kier alpha value is -1.82. The minimum absolute atomic E-state index is 0.0639. The molecule has 108 valence electrons. The highest BCUT2D eigenvalue weighted by Crippen LogP contribution is 2.25. The highest BCUT2D eigenvalue weighted by Gasteiger charge is 2.33. The molecule has 1 N–H and O–H groups in total. The zero-order valence-corrected chi connectivity index (χ0v) is 11.3. The van der Waals surface area contributed by atoms with E-state index in [4.69, 9.17) is 21.4 Å². The third kappa shape index (κ3) is 3.19. The van der Waals surface area contributed by atoms with Crippen molar-refractivity contribution in [3.05, 3.63) is 29.0 Å². The van der Waals surface area contributed by atoms with Crippen molar-refractivity contribution in [3.63, 3.8) is 0 Å². The van der Waals surface area contributed by atoms with E-state index >= 15 is 0 Å². The monoisotopic (exact) mass is 301 g/mol. The van der Waals surface area contributed by atoms with Gasteiger partial charge in [0, 0.05) is 6.54 Å². The smallest absolute Gasteiger partial charge is 0.326 e. The first kappa shape index (κ1) is 14.6. The average Bonchev–Trinajstić information content (AvgIpc) is 2.86. The summed E-state index contributed by atoms with van der Waals surface area (Å²) in [6, 6.07) is 2.78. The summed E-state index contributed by atoms with van der Waals surface area (Å²) in [5, 5.41) is 9.06. The van der Waals surface area contributed by atoms with Crippen molar-refractivity contribution in [2.24, 2.45) is 0 Å². The number of rotatable bonds is 4. The molecule has 0 aromatic heterocycles. The zero-order chi connectivity index (χ0) is 14.7. The Kier molecular flexibility index (Phi) is 4.44. The molecule has 0 radical (unpaired) electrons. The molecule has 1 aliphatic heterocycles. The van der Waals surface area contributed by atoms with E-state index in [1.54, 1.807) is 0 Å². The third-order valence-electron chi connectivity index (χ3n) is 3.10. The fourth-order valence-corrected chi connectivity index (χ4v) is 2.36. The Morgan fingerprint density at radius 2 is 2.25 bits per heavy atom. The highest BCUT2D eigenvalue weighted by molar-refractivity contribution is 6.32. The van der Waals surface area contributed by atoms with Crippen LogP contribution in [0.25, 0.3) is 0 Å². The maximum atomic E-state index is 12.9. The normalized spacial score (nSPS) is 18.1. The van der Waals surface area contributed by atoms with Crippen LogP contribution in [-0.2, 0) is 9.59 Å². The first-order valence-electron chi connectivity index (χ1n) is 6.09. The van der Waals surface area contributed by atoms with Gasteiger partial charge >= 0.3 is 5.97 Å². The minimum atomic E-state index is -1.02. The van der Waals surface area contributed by atoms with Gasteiger partial charge < -0.3 is 14.7 Å². The summed E-state index contributed by atoms with van der Waals surface area (Å²) in [6.07, 6.45) is 1.10. The van der Waals surface area contributed by atoms with Crippen LogP contribution in [0.5, 0.6) is 5.75 Å². The summed E-state index contributed by atoms with van der Waals surface area (Å²) in [6.45, 7) is 0.0748. The number of carboxylic acid groups (broad SMARTS) is 1. The lowest BCUT2D eigenvalue weighted by Gasteiger charge is -2.21. The first-order chi connectivity index (χ1) is 9.49. The van der Waals surface area contributed by atoms with Gasteiger partial charge in [-0.1, -0.05) is 11.6 Å². The number of benzene rings is 1. The van der Waals surface area contributed by atoms with Crippen molar-refractivity contribution >= 4 is 23.5 Å². The number of halogens is 2. The fraction of sp³-hybridized carbons (Fsp3) is 0.385. The molecule has 0 spiro atoms. The molecule has 20 heavy (non-hydrogen) atoms. The molecule has 1 aromatic rings. The molecule has 5 nitrogen and oxygen atoms in total. The molecule has 1 atom stereocenters. The van der Waals surface area contributed by atoms with E-state index in [-0.39, 0.29) is 17.4 Å². The lowest BCUT2D eigenvalue weighted by molar-refractivity contribution is -0.148. The largest absolute Gasteiger partial charge is 0.482 e. The van der Waals surface area contributed by atoms with E-state index in [1.165, 1.54) is 17.0 Å². The van der Waals surface area contributed by atoms with E-state index in [2.05, 4.69) is 0 Å². The average molecular weight is 302 g/mol. The van der Waals surface area contributed by atoms with Gasteiger partial charge in [-0.05, 0) is 31.0 Å². The fourth-order valence-electron chi connectivity index (χ4n) is 2.14. The van der Waals surface area contributed by atoms with Gasteiger partial charge in [-0.25, -0.2) is 9.18 Å². The van der Waals surface area contributed by atoms with E-state index in [0.29, 0.717) is 19.4 Å². The maximum absolute atomic E-state index is 12.9. The predicted octanol–water partition coefficient (Wildman–Crippen LogP) is 1.93. The van der Waals surface area contributed by atoms with Crippen LogP contribution in [0.15, 0.2) is 18.2 Å². The molecule has 0 saturated carbocycles. The van der Waals surface area contributed by atoms with Crippen molar-refractivity contribution in [1.82, 2.24) is 4.90 Å². The summed E-state index contributed by atoms with van der Waals surface area (Å²) < 4.78 is 18.1. The van der Waals surface area contributed by atoms with E-state index in [1.807, 2.05) is 0 Å². The molecule has 1 amide bonds. The zero-order valence-electron chi connectivity index (χ0n) is 10.5. The van der Waals surface area contributed by atoms with Crippen LogP contribution in [-0.4, -0.2) is 41.1 Å². The number of carbonyl (C=O) groups excluding carboxylic acids is 1. The number of carbonyl (C=O) groups is 2. The standard InChI is InChI=1S/C13H13ClFNO4/c14-9-6-8(15)3-4-11(9)20-7-12(17)16-5-1-2-10(16)13(18)19/h3-4,6,10H,1-2,5,7H2,(H,18,19)/t10-/m0/s1. The molecule has 2 rings (SSSR count). The second-order valence-corrected chi connectivity index (χ2v) is 4.85. The number of hydrogen-bond donors (Lipinski definition) is 1. The summed E-state index contributed by atoms with van der Waals surface area (Å²) >= 11 is 5.77. The second-order valence-electron chi connectivity index (χ2n) is 4.45. The van der Waals surface area contributed by atoms with E-state index in [9.17, 15) is 14.0 Å². The molecule has 0 unspecified atom stereocenters. The maximum Gasteiger partial charge on any atom is 0.326 e. The van der Waals surface area contributed by atoms with Gasteiger partial charge in [-0.2, -0.15) is 0 Å². The number of nitrogens with zero attached hydrogens (tertiary/aromatic N) is 1. The Labute approximate surface area is 119 Å². The van der Waals surface area contributed by atoms with Gasteiger partial charge in [-0.3, -0.25) is 4.79 Å². The van der Waals surface area contributed by atoms with Gasteiger partial charge in [-0.15, -0.1) is 0 Å². The lowest BCUT2D eigenvalue weighted by Crippen LogP contribution is -2.42. The molecule has 0 bridgehead atoms. The highest BCUT2D eigenvalue weighted by atomic mass is 35.5. The lowest BCUT2D eigenvalue weighted by atomic mass is 10.2. The Morgan fingerprint density at radius 1 is 1.50 bits per heavy atom. The van der Waals surface area contributed by atoms with Crippen LogP contribution in [0.4, 0.5) is 4.39 Å². The Morgan fingerprint density at radius 3 is 2.90 bits per heavy atom. The second kappa shape index (κ2) is 6.09. The van der Waals surface area contributed by atoms with Crippen molar-refractivity contribution in [1.29, 1.82) is 0 Å². The molecule has 1 fully saturated rings. The summed E-state index contributed by atoms with van der Waals surface area (Å²) in [7, 11) is 0. The van der Waals surface area contributed by atoms with Gasteiger partial charge in [0.2, 0.25) is 0 Å². The van der Waals surface area contributed by atoms with Crippen LogP contribution < -0.4 is 4.74 Å². The van der Waals surface area contributed by atoms with Crippen LogP contribution in [0.1, 0.15) is 12.8 Å².